The molecule has 4 atom stereocenters. The molecule has 2 heteroatoms. The molecule has 1 aromatic rings. The monoisotopic (exact) mass is 231 g/mol. The summed E-state index contributed by atoms with van der Waals surface area (Å²) >= 11 is 0. The highest BCUT2D eigenvalue weighted by Gasteiger charge is 2.64. The fourth-order valence-electron chi connectivity index (χ4n) is 4.44. The lowest BCUT2D eigenvalue weighted by molar-refractivity contribution is 0.456. The molecule has 3 aliphatic carbocycles. The van der Waals surface area contributed by atoms with Gasteiger partial charge in [-0.2, -0.15) is 0 Å². The third kappa shape index (κ3) is 1.54. The van der Waals surface area contributed by atoms with E-state index in [0.29, 0.717) is 0 Å². The van der Waals surface area contributed by atoms with Crippen LogP contribution in [0.4, 0.5) is 4.39 Å². The zero-order valence-electron chi connectivity index (χ0n) is 9.90. The summed E-state index contributed by atoms with van der Waals surface area (Å²) in [6.07, 6.45) is 4.45. The molecular weight excluding hydrogens is 213 g/mol. The Morgan fingerprint density at radius 3 is 2.35 bits per heavy atom. The largest absolute Gasteiger partial charge is 0.309 e. The van der Waals surface area contributed by atoms with E-state index >= 15 is 0 Å². The van der Waals surface area contributed by atoms with Crippen LogP contribution in [0.2, 0.25) is 0 Å². The minimum atomic E-state index is -0.143. The Balaban J connectivity index is 1.37. The lowest BCUT2D eigenvalue weighted by atomic mass is 10.0. The Morgan fingerprint density at radius 2 is 1.71 bits per heavy atom. The predicted molar refractivity (Wildman–Crippen MR) is 64.8 cm³/mol. The van der Waals surface area contributed by atoms with Crippen LogP contribution in [0.15, 0.2) is 24.3 Å². The second-order valence-electron chi connectivity index (χ2n) is 6.02. The Bertz CT molecular complexity index is 411. The number of hydrogen-bond acceptors (Lipinski definition) is 1. The summed E-state index contributed by atoms with van der Waals surface area (Å²) in [6, 6.07) is 7.64. The highest BCUT2D eigenvalue weighted by atomic mass is 19.1. The predicted octanol–water partition coefficient (Wildman–Crippen LogP) is 2.96. The van der Waals surface area contributed by atoms with E-state index in [1.807, 2.05) is 12.1 Å². The van der Waals surface area contributed by atoms with Crippen LogP contribution in [0.25, 0.3) is 0 Å². The first-order valence-electron chi connectivity index (χ1n) is 6.81. The lowest BCUT2D eigenvalue weighted by Gasteiger charge is -2.10. The van der Waals surface area contributed by atoms with Crippen LogP contribution in [0.5, 0.6) is 0 Å². The maximum Gasteiger partial charge on any atom is 0.123 e. The van der Waals surface area contributed by atoms with Gasteiger partial charge in [0.05, 0.1) is 0 Å². The highest BCUT2D eigenvalue weighted by Crippen LogP contribution is 2.65. The van der Waals surface area contributed by atoms with Crippen LogP contribution in [-0.4, -0.2) is 6.04 Å². The van der Waals surface area contributed by atoms with Crippen LogP contribution >= 0.6 is 0 Å². The van der Waals surface area contributed by atoms with Gasteiger partial charge in [0.2, 0.25) is 0 Å². The zero-order chi connectivity index (χ0) is 11.4. The molecule has 3 aliphatic rings. The summed E-state index contributed by atoms with van der Waals surface area (Å²) in [6.45, 7) is 0.900. The van der Waals surface area contributed by atoms with Crippen molar-refractivity contribution in [3.05, 3.63) is 35.6 Å². The van der Waals surface area contributed by atoms with Crippen molar-refractivity contribution in [1.82, 2.24) is 5.32 Å². The van der Waals surface area contributed by atoms with Gasteiger partial charge in [0, 0.05) is 12.6 Å². The molecule has 0 heterocycles. The molecule has 0 saturated heterocycles. The lowest BCUT2D eigenvalue weighted by Crippen LogP contribution is -2.22. The van der Waals surface area contributed by atoms with Crippen LogP contribution in [0, 0.1) is 29.5 Å². The van der Waals surface area contributed by atoms with E-state index in [2.05, 4.69) is 5.32 Å². The third-order valence-electron chi connectivity index (χ3n) is 5.19. The van der Waals surface area contributed by atoms with E-state index in [1.54, 1.807) is 12.1 Å². The molecule has 3 saturated carbocycles. The number of nitrogens with one attached hydrogen (secondary N) is 1. The van der Waals surface area contributed by atoms with Crippen molar-refractivity contribution < 1.29 is 4.39 Å². The first kappa shape index (κ1) is 10.1. The van der Waals surface area contributed by atoms with Gasteiger partial charge in [-0.3, -0.25) is 0 Å². The normalized spacial score (nSPS) is 41.6. The molecule has 0 amide bonds. The minimum absolute atomic E-state index is 0.143. The van der Waals surface area contributed by atoms with E-state index in [1.165, 1.54) is 24.8 Å². The zero-order valence-corrected chi connectivity index (χ0v) is 9.90. The van der Waals surface area contributed by atoms with Crippen LogP contribution in [0.1, 0.15) is 24.8 Å². The van der Waals surface area contributed by atoms with Crippen molar-refractivity contribution in [2.45, 2.75) is 31.8 Å². The van der Waals surface area contributed by atoms with Gasteiger partial charge in [-0.1, -0.05) is 12.1 Å². The average molecular weight is 231 g/mol. The van der Waals surface area contributed by atoms with Gasteiger partial charge in [0.25, 0.3) is 0 Å². The van der Waals surface area contributed by atoms with Crippen molar-refractivity contribution >= 4 is 0 Å². The SMILES string of the molecule is Fc1ccc(CNC2C3C4CCC(C4)C23)cc1. The van der Waals surface area contributed by atoms with E-state index in [4.69, 9.17) is 0 Å². The Hall–Kier alpha value is -0.890. The molecule has 1 aromatic carbocycles. The molecule has 0 aromatic heterocycles. The van der Waals surface area contributed by atoms with Crippen LogP contribution < -0.4 is 5.32 Å². The summed E-state index contributed by atoms with van der Waals surface area (Å²) < 4.78 is 12.8. The molecule has 90 valence electrons. The summed E-state index contributed by atoms with van der Waals surface area (Å²) in [7, 11) is 0. The van der Waals surface area contributed by atoms with E-state index in [-0.39, 0.29) is 5.82 Å². The first-order chi connectivity index (χ1) is 8.33. The topological polar surface area (TPSA) is 12.0 Å². The van der Waals surface area contributed by atoms with Crippen molar-refractivity contribution in [2.75, 3.05) is 0 Å². The standard InChI is InChI=1S/C15H18FN/c16-12-5-1-9(2-6-12)8-17-15-13-10-3-4-11(7-10)14(13)15/h1-2,5-6,10-11,13-15,17H,3-4,7-8H2. The number of fused-ring (bicyclic) bond motifs is 5. The van der Waals surface area contributed by atoms with Crippen molar-refractivity contribution in [3.63, 3.8) is 0 Å². The molecule has 0 radical (unpaired) electrons. The second kappa shape index (κ2) is 3.55. The van der Waals surface area contributed by atoms with Gasteiger partial charge in [0.1, 0.15) is 5.82 Å². The number of halogens is 1. The van der Waals surface area contributed by atoms with Crippen molar-refractivity contribution in [2.24, 2.45) is 23.7 Å². The van der Waals surface area contributed by atoms with Crippen molar-refractivity contribution in [1.29, 1.82) is 0 Å². The molecule has 0 aliphatic heterocycles. The third-order valence-corrected chi connectivity index (χ3v) is 5.19. The average Bonchev–Trinajstić information content (AvgIpc) is 2.74. The second-order valence-corrected chi connectivity index (χ2v) is 6.02. The molecule has 0 spiro atoms. The van der Waals surface area contributed by atoms with Crippen LogP contribution in [-0.2, 0) is 6.54 Å². The molecule has 3 fully saturated rings. The summed E-state index contributed by atoms with van der Waals surface area (Å²) in [4.78, 5) is 0. The fraction of sp³-hybridized carbons (Fsp3) is 0.600. The van der Waals surface area contributed by atoms with Crippen molar-refractivity contribution in [3.8, 4) is 0 Å². The van der Waals surface area contributed by atoms with Crippen LogP contribution in [0.3, 0.4) is 0 Å². The summed E-state index contributed by atoms with van der Waals surface area (Å²) in [5.74, 6) is 3.87. The molecule has 4 unspecified atom stereocenters. The quantitative estimate of drug-likeness (QED) is 0.843. The van der Waals surface area contributed by atoms with Gasteiger partial charge in [0.15, 0.2) is 0 Å². The Morgan fingerprint density at radius 1 is 1.06 bits per heavy atom. The van der Waals surface area contributed by atoms with E-state index in [9.17, 15) is 4.39 Å². The van der Waals surface area contributed by atoms with E-state index in [0.717, 1.165) is 36.3 Å². The minimum Gasteiger partial charge on any atom is -0.309 e. The first-order valence-corrected chi connectivity index (χ1v) is 6.81. The maximum atomic E-state index is 12.8. The Labute approximate surface area is 101 Å². The highest BCUT2D eigenvalue weighted by molar-refractivity contribution is 5.19. The number of benzene rings is 1. The van der Waals surface area contributed by atoms with Gasteiger partial charge in [-0.25, -0.2) is 4.39 Å². The number of hydrogen-bond donors (Lipinski definition) is 1. The summed E-state index contributed by atoms with van der Waals surface area (Å²) in [5.41, 5.74) is 1.20. The van der Waals surface area contributed by atoms with E-state index < -0.39 is 0 Å². The molecule has 2 bridgehead atoms. The van der Waals surface area contributed by atoms with Gasteiger partial charge in [-0.15, -0.1) is 0 Å². The molecular formula is C15H18FN. The fourth-order valence-corrected chi connectivity index (χ4v) is 4.44. The summed E-state index contributed by atoms with van der Waals surface area (Å²) in [5, 5.41) is 3.67. The Kier molecular flexibility index (Phi) is 2.10. The molecule has 1 N–H and O–H groups in total. The van der Waals surface area contributed by atoms with Gasteiger partial charge < -0.3 is 5.32 Å². The molecule has 4 rings (SSSR count). The molecule has 17 heavy (non-hydrogen) atoms. The molecule has 1 nitrogen and oxygen atoms in total. The smallest absolute Gasteiger partial charge is 0.123 e. The van der Waals surface area contributed by atoms with Gasteiger partial charge in [-0.05, 0) is 60.6 Å². The number of rotatable bonds is 3. The van der Waals surface area contributed by atoms with Gasteiger partial charge >= 0.3 is 0 Å². The maximum absolute atomic E-state index is 12.8.